The Kier molecular flexibility index (Phi) is 7.55. The number of pyridine rings is 1. The van der Waals surface area contributed by atoms with Gasteiger partial charge < -0.3 is 24.4 Å². The molecule has 1 fully saturated rings. The number of amides is 3. The molecular formula is C25H29F2N7O3. The number of nitrogens with one attached hydrogen (secondary N) is 2. The Bertz CT molecular complexity index is 1230. The molecule has 0 aliphatic carbocycles. The van der Waals surface area contributed by atoms with Crippen LogP contribution in [0.1, 0.15) is 30.0 Å². The maximum absolute atomic E-state index is 13.2. The monoisotopic (exact) mass is 513 g/mol. The van der Waals surface area contributed by atoms with E-state index in [1.165, 1.54) is 24.3 Å². The summed E-state index contributed by atoms with van der Waals surface area (Å²) in [6.45, 7) is 7.37. The molecule has 3 amide bonds. The second-order valence-electron chi connectivity index (χ2n) is 8.72. The quantitative estimate of drug-likeness (QED) is 0.491. The molecule has 0 radical (unpaired) electrons. The van der Waals surface area contributed by atoms with Crippen LogP contribution in [0.4, 0.5) is 30.9 Å². The summed E-state index contributed by atoms with van der Waals surface area (Å²) in [5, 5.41) is 5.20. The fourth-order valence-electron chi connectivity index (χ4n) is 3.91. The van der Waals surface area contributed by atoms with Crippen LogP contribution >= 0.6 is 0 Å². The van der Waals surface area contributed by atoms with E-state index in [9.17, 15) is 18.4 Å². The van der Waals surface area contributed by atoms with Gasteiger partial charge in [-0.15, -0.1) is 0 Å². The van der Waals surface area contributed by atoms with E-state index in [0.29, 0.717) is 45.3 Å². The van der Waals surface area contributed by atoms with E-state index in [-0.39, 0.29) is 23.3 Å². The number of aromatic nitrogens is 3. The third-order valence-corrected chi connectivity index (χ3v) is 5.75. The van der Waals surface area contributed by atoms with Crippen molar-refractivity contribution in [2.75, 3.05) is 41.7 Å². The Morgan fingerprint density at radius 1 is 1.05 bits per heavy atom. The largest absolute Gasteiger partial charge is 0.433 e. The zero-order valence-electron chi connectivity index (χ0n) is 20.9. The fraction of sp³-hybridized carbons (Fsp3) is 0.360. The van der Waals surface area contributed by atoms with Crippen LogP contribution in [-0.2, 0) is 6.54 Å². The number of imidazole rings is 1. The molecule has 2 aromatic heterocycles. The highest BCUT2D eigenvalue weighted by Gasteiger charge is 2.27. The number of piperazine rings is 1. The van der Waals surface area contributed by atoms with Gasteiger partial charge in [0.1, 0.15) is 11.6 Å². The summed E-state index contributed by atoms with van der Waals surface area (Å²) in [5.74, 6) is 1.10. The zero-order chi connectivity index (χ0) is 26.6. The molecule has 1 aromatic carbocycles. The number of anilines is 3. The molecule has 2 N–H and O–H groups in total. The van der Waals surface area contributed by atoms with Gasteiger partial charge in [0.15, 0.2) is 5.82 Å². The van der Waals surface area contributed by atoms with Crippen LogP contribution in [0.15, 0.2) is 48.8 Å². The second-order valence-corrected chi connectivity index (χ2v) is 8.72. The van der Waals surface area contributed by atoms with E-state index >= 15 is 0 Å². The van der Waals surface area contributed by atoms with Crippen LogP contribution in [0.5, 0.6) is 5.75 Å². The van der Waals surface area contributed by atoms with Crippen LogP contribution < -0.4 is 20.3 Å². The minimum Gasteiger partial charge on any atom is -0.433 e. The van der Waals surface area contributed by atoms with Gasteiger partial charge in [0, 0.05) is 57.7 Å². The van der Waals surface area contributed by atoms with Crippen molar-refractivity contribution in [2.24, 2.45) is 0 Å². The fourth-order valence-corrected chi connectivity index (χ4v) is 3.91. The minimum atomic E-state index is -3.30. The van der Waals surface area contributed by atoms with Gasteiger partial charge in [-0.2, -0.15) is 8.78 Å². The Morgan fingerprint density at radius 2 is 1.76 bits per heavy atom. The number of carbonyl (C=O) groups excluding carboxylic acids is 2. The SMILES string of the molecule is CCn1cc(NC(=O)Nc2ccc(OC(C)(F)F)cc2)nc1C(=O)N1CCN(c2ccc(C)cn2)CC1. The number of ether oxygens (including phenoxy) is 1. The maximum atomic E-state index is 13.2. The molecule has 196 valence electrons. The Balaban J connectivity index is 1.35. The number of hydrogen-bond acceptors (Lipinski definition) is 6. The van der Waals surface area contributed by atoms with Gasteiger partial charge in [-0.1, -0.05) is 6.07 Å². The summed E-state index contributed by atoms with van der Waals surface area (Å²) in [6, 6.07) is 8.92. The van der Waals surface area contributed by atoms with Crippen molar-refractivity contribution in [3.63, 3.8) is 0 Å². The number of urea groups is 1. The van der Waals surface area contributed by atoms with Crippen molar-refractivity contribution < 1.29 is 23.1 Å². The number of alkyl halides is 2. The lowest BCUT2D eigenvalue weighted by Crippen LogP contribution is -2.49. The van der Waals surface area contributed by atoms with Crippen molar-refractivity contribution in [1.29, 1.82) is 0 Å². The average molecular weight is 514 g/mol. The van der Waals surface area contributed by atoms with Gasteiger partial charge in [0.2, 0.25) is 5.82 Å². The first kappa shape index (κ1) is 25.9. The van der Waals surface area contributed by atoms with Crippen molar-refractivity contribution in [2.45, 2.75) is 33.4 Å². The predicted octanol–water partition coefficient (Wildman–Crippen LogP) is 4.20. The van der Waals surface area contributed by atoms with E-state index in [0.717, 1.165) is 11.4 Å². The third kappa shape index (κ3) is 6.72. The molecule has 10 nitrogen and oxygen atoms in total. The molecule has 0 unspecified atom stereocenters. The van der Waals surface area contributed by atoms with Gasteiger partial charge >= 0.3 is 12.1 Å². The lowest BCUT2D eigenvalue weighted by molar-refractivity contribution is -0.158. The Hall–Kier alpha value is -4.22. The van der Waals surface area contributed by atoms with E-state index in [2.05, 4.69) is 30.2 Å². The smallest absolute Gasteiger partial charge is 0.394 e. The summed E-state index contributed by atoms with van der Waals surface area (Å²) in [7, 11) is 0. The number of rotatable bonds is 7. The van der Waals surface area contributed by atoms with Crippen molar-refractivity contribution in [3.05, 3.63) is 60.2 Å². The second kappa shape index (κ2) is 10.8. The van der Waals surface area contributed by atoms with Crippen LogP contribution in [0.25, 0.3) is 0 Å². The normalized spacial score (nSPS) is 13.9. The highest BCUT2D eigenvalue weighted by atomic mass is 19.3. The van der Waals surface area contributed by atoms with Crippen LogP contribution in [-0.4, -0.2) is 63.7 Å². The van der Waals surface area contributed by atoms with E-state index in [1.807, 2.05) is 32.2 Å². The molecule has 37 heavy (non-hydrogen) atoms. The molecule has 1 saturated heterocycles. The van der Waals surface area contributed by atoms with Crippen molar-refractivity contribution in [3.8, 4) is 5.75 Å². The van der Waals surface area contributed by atoms with Gasteiger partial charge in [0.05, 0.1) is 0 Å². The lowest BCUT2D eigenvalue weighted by Gasteiger charge is -2.35. The molecule has 0 bridgehead atoms. The van der Waals surface area contributed by atoms with Gasteiger partial charge in [-0.05, 0) is 49.7 Å². The molecule has 3 aromatic rings. The standard InChI is InChI=1S/C25H29F2N7O3/c1-4-32-16-20(31-24(36)29-18-6-8-19(9-7-18)37-25(3,26)27)30-22(32)23(35)34-13-11-33(12-14-34)21-10-5-17(2)15-28-21/h5-10,15-16H,4,11-14H2,1-3H3,(H2,29,31,36). The van der Waals surface area contributed by atoms with Crippen molar-refractivity contribution in [1.82, 2.24) is 19.4 Å². The van der Waals surface area contributed by atoms with E-state index < -0.39 is 12.1 Å². The average Bonchev–Trinajstić information content (AvgIpc) is 3.27. The molecule has 0 spiro atoms. The molecule has 1 aliphatic rings. The predicted molar refractivity (Wildman–Crippen MR) is 135 cm³/mol. The summed E-state index contributed by atoms with van der Waals surface area (Å²) >= 11 is 0. The molecule has 0 saturated carbocycles. The number of halogens is 2. The molecule has 0 atom stereocenters. The van der Waals surface area contributed by atoms with E-state index in [1.54, 1.807) is 15.7 Å². The van der Waals surface area contributed by atoms with Crippen LogP contribution in [0, 0.1) is 6.92 Å². The third-order valence-electron chi connectivity index (χ3n) is 5.75. The Labute approximate surface area is 213 Å². The van der Waals surface area contributed by atoms with Gasteiger partial charge in [-0.25, -0.2) is 14.8 Å². The van der Waals surface area contributed by atoms with Crippen molar-refractivity contribution >= 4 is 29.3 Å². The Morgan fingerprint density at radius 3 is 2.35 bits per heavy atom. The molecule has 3 heterocycles. The molecule has 1 aliphatic heterocycles. The summed E-state index contributed by atoms with van der Waals surface area (Å²) in [4.78, 5) is 38.3. The lowest BCUT2D eigenvalue weighted by atomic mass is 10.2. The number of carbonyl (C=O) groups is 2. The topological polar surface area (TPSA) is 105 Å². The zero-order valence-corrected chi connectivity index (χ0v) is 20.9. The number of nitrogens with zero attached hydrogens (tertiary/aromatic N) is 5. The summed E-state index contributed by atoms with van der Waals surface area (Å²) in [5.41, 5.74) is 1.46. The molecule has 12 heteroatoms. The molecular weight excluding hydrogens is 484 g/mol. The first-order valence-corrected chi connectivity index (χ1v) is 11.9. The van der Waals surface area contributed by atoms with Gasteiger partial charge in [0.25, 0.3) is 5.91 Å². The highest BCUT2D eigenvalue weighted by molar-refractivity contribution is 6.00. The van der Waals surface area contributed by atoms with E-state index in [4.69, 9.17) is 0 Å². The van der Waals surface area contributed by atoms with Crippen LogP contribution in [0.2, 0.25) is 0 Å². The van der Waals surface area contributed by atoms with Gasteiger partial charge in [-0.3, -0.25) is 10.1 Å². The number of aryl methyl sites for hydroxylation is 2. The highest BCUT2D eigenvalue weighted by Crippen LogP contribution is 2.23. The first-order chi connectivity index (χ1) is 17.6. The first-order valence-electron chi connectivity index (χ1n) is 11.9. The summed E-state index contributed by atoms with van der Waals surface area (Å²) in [6.07, 6.45) is 0.123. The molecule has 4 rings (SSSR count). The minimum absolute atomic E-state index is 0.0285. The maximum Gasteiger partial charge on any atom is 0.394 e. The van der Waals surface area contributed by atoms with Crippen LogP contribution in [0.3, 0.4) is 0 Å². The number of hydrogen-bond donors (Lipinski definition) is 2. The summed E-state index contributed by atoms with van der Waals surface area (Å²) < 4.78 is 32.1. The number of benzene rings is 1.